The van der Waals surface area contributed by atoms with E-state index >= 15 is 0 Å². The Morgan fingerprint density at radius 2 is 2.21 bits per heavy atom. The molecular formula is C16H28N2S. The normalized spacial score (nSPS) is 25.7. The Kier molecular flexibility index (Phi) is 5.04. The van der Waals surface area contributed by atoms with E-state index in [0.717, 1.165) is 13.1 Å². The van der Waals surface area contributed by atoms with Crippen molar-refractivity contribution >= 4 is 11.3 Å². The number of nitrogens with zero attached hydrogens (tertiary/aromatic N) is 1. The molecule has 0 bridgehead atoms. The summed E-state index contributed by atoms with van der Waals surface area (Å²) in [4.78, 5) is 2.69. The second kappa shape index (κ2) is 6.38. The van der Waals surface area contributed by atoms with Crippen LogP contribution in [0.25, 0.3) is 0 Å². The Morgan fingerprint density at radius 3 is 2.79 bits per heavy atom. The van der Waals surface area contributed by atoms with Crippen molar-refractivity contribution in [2.75, 3.05) is 13.1 Å². The molecule has 0 aromatic carbocycles. The van der Waals surface area contributed by atoms with Gasteiger partial charge in [-0.3, -0.25) is 4.90 Å². The third kappa shape index (κ3) is 4.04. The van der Waals surface area contributed by atoms with Gasteiger partial charge in [0.1, 0.15) is 0 Å². The summed E-state index contributed by atoms with van der Waals surface area (Å²) >= 11 is 1.81. The highest BCUT2D eigenvalue weighted by molar-refractivity contribution is 7.07. The smallest absolute Gasteiger partial charge is 0.0273 e. The molecule has 0 saturated carbocycles. The number of hydrogen-bond acceptors (Lipinski definition) is 3. The van der Waals surface area contributed by atoms with Crippen LogP contribution in [0.2, 0.25) is 0 Å². The Hall–Kier alpha value is -0.380. The summed E-state index contributed by atoms with van der Waals surface area (Å²) in [7, 11) is 0. The van der Waals surface area contributed by atoms with Crippen LogP contribution in [0, 0.1) is 5.41 Å². The second-order valence-corrected chi connectivity index (χ2v) is 7.62. The van der Waals surface area contributed by atoms with Gasteiger partial charge in [-0.1, -0.05) is 34.1 Å². The molecule has 2 unspecified atom stereocenters. The highest BCUT2D eigenvalue weighted by Crippen LogP contribution is 2.28. The van der Waals surface area contributed by atoms with Gasteiger partial charge in [0.25, 0.3) is 0 Å². The summed E-state index contributed by atoms with van der Waals surface area (Å²) in [6, 6.07) is 3.56. The molecule has 0 amide bonds. The van der Waals surface area contributed by atoms with Gasteiger partial charge in [-0.2, -0.15) is 11.3 Å². The molecule has 1 aromatic rings. The number of piperazine rings is 1. The van der Waals surface area contributed by atoms with Crippen molar-refractivity contribution in [3.63, 3.8) is 0 Å². The first-order valence-corrected chi connectivity index (χ1v) is 8.43. The van der Waals surface area contributed by atoms with Crippen molar-refractivity contribution < 1.29 is 0 Å². The molecule has 19 heavy (non-hydrogen) atoms. The van der Waals surface area contributed by atoms with Crippen LogP contribution in [0.4, 0.5) is 0 Å². The third-order valence-electron chi connectivity index (χ3n) is 4.10. The maximum Gasteiger partial charge on any atom is 0.0273 e. The highest BCUT2D eigenvalue weighted by atomic mass is 32.1. The highest BCUT2D eigenvalue weighted by Gasteiger charge is 2.35. The zero-order valence-corrected chi connectivity index (χ0v) is 13.6. The fraction of sp³-hybridized carbons (Fsp3) is 0.750. The van der Waals surface area contributed by atoms with Gasteiger partial charge in [-0.15, -0.1) is 0 Å². The van der Waals surface area contributed by atoms with Gasteiger partial charge in [0.15, 0.2) is 0 Å². The third-order valence-corrected chi connectivity index (χ3v) is 4.83. The number of rotatable bonds is 4. The van der Waals surface area contributed by atoms with Crippen LogP contribution < -0.4 is 5.32 Å². The Balaban J connectivity index is 2.06. The van der Waals surface area contributed by atoms with Crippen molar-refractivity contribution in [3.8, 4) is 0 Å². The van der Waals surface area contributed by atoms with Gasteiger partial charge in [0, 0.05) is 31.7 Å². The topological polar surface area (TPSA) is 15.3 Å². The molecule has 1 fully saturated rings. The first kappa shape index (κ1) is 15.0. The van der Waals surface area contributed by atoms with Crippen LogP contribution in [-0.4, -0.2) is 30.1 Å². The molecule has 0 aliphatic carbocycles. The largest absolute Gasteiger partial charge is 0.311 e. The van der Waals surface area contributed by atoms with E-state index in [0.29, 0.717) is 17.5 Å². The number of hydrogen-bond donors (Lipinski definition) is 1. The first-order chi connectivity index (χ1) is 9.00. The van der Waals surface area contributed by atoms with E-state index in [1.54, 1.807) is 11.3 Å². The SMILES string of the molecule is CCCC1CN(Cc2ccsc2)C(C(C)(C)C)CN1. The molecule has 1 aliphatic rings. The monoisotopic (exact) mass is 280 g/mol. The van der Waals surface area contributed by atoms with Crippen molar-refractivity contribution in [1.29, 1.82) is 0 Å². The predicted octanol–water partition coefficient (Wildman–Crippen LogP) is 3.74. The summed E-state index contributed by atoms with van der Waals surface area (Å²) in [6.07, 6.45) is 2.56. The molecule has 0 spiro atoms. The summed E-state index contributed by atoms with van der Waals surface area (Å²) in [5, 5.41) is 8.22. The molecule has 2 atom stereocenters. The van der Waals surface area contributed by atoms with E-state index < -0.39 is 0 Å². The van der Waals surface area contributed by atoms with Crippen molar-refractivity contribution in [1.82, 2.24) is 10.2 Å². The minimum Gasteiger partial charge on any atom is -0.311 e. The van der Waals surface area contributed by atoms with Gasteiger partial charge in [-0.25, -0.2) is 0 Å². The second-order valence-electron chi connectivity index (χ2n) is 6.84. The van der Waals surface area contributed by atoms with Gasteiger partial charge < -0.3 is 5.32 Å². The van der Waals surface area contributed by atoms with Crippen LogP contribution in [0.15, 0.2) is 16.8 Å². The fourth-order valence-electron chi connectivity index (χ4n) is 3.07. The van der Waals surface area contributed by atoms with Gasteiger partial charge in [0.05, 0.1) is 0 Å². The zero-order valence-electron chi connectivity index (χ0n) is 12.8. The van der Waals surface area contributed by atoms with E-state index in [4.69, 9.17) is 0 Å². The van der Waals surface area contributed by atoms with Crippen LogP contribution in [0.5, 0.6) is 0 Å². The van der Waals surface area contributed by atoms with Crippen molar-refractivity contribution in [2.45, 2.75) is 59.2 Å². The van der Waals surface area contributed by atoms with Crippen LogP contribution in [-0.2, 0) is 6.54 Å². The van der Waals surface area contributed by atoms with Crippen molar-refractivity contribution in [2.24, 2.45) is 5.41 Å². The molecule has 2 nitrogen and oxygen atoms in total. The molecule has 2 rings (SSSR count). The Bertz CT molecular complexity index is 367. The van der Waals surface area contributed by atoms with Crippen LogP contribution in [0.3, 0.4) is 0 Å². The Labute approximate surface area is 122 Å². The maximum atomic E-state index is 3.75. The lowest BCUT2D eigenvalue weighted by atomic mass is 9.83. The predicted molar refractivity (Wildman–Crippen MR) is 84.7 cm³/mol. The van der Waals surface area contributed by atoms with Crippen molar-refractivity contribution in [3.05, 3.63) is 22.4 Å². The number of nitrogens with one attached hydrogen (secondary N) is 1. The first-order valence-electron chi connectivity index (χ1n) is 7.49. The molecule has 108 valence electrons. The summed E-state index contributed by atoms with van der Waals surface area (Å²) in [6.45, 7) is 12.8. The van der Waals surface area contributed by atoms with Crippen LogP contribution >= 0.6 is 11.3 Å². The summed E-state index contributed by atoms with van der Waals surface area (Å²) in [5.74, 6) is 0. The minimum absolute atomic E-state index is 0.334. The molecule has 1 N–H and O–H groups in total. The van der Waals surface area contributed by atoms with Crippen LogP contribution in [0.1, 0.15) is 46.1 Å². The molecule has 1 saturated heterocycles. The van der Waals surface area contributed by atoms with E-state index in [1.807, 2.05) is 0 Å². The van der Waals surface area contributed by atoms with E-state index in [-0.39, 0.29) is 0 Å². The molecule has 1 aromatic heterocycles. The Morgan fingerprint density at radius 1 is 1.42 bits per heavy atom. The van der Waals surface area contributed by atoms with E-state index in [2.05, 4.69) is 54.7 Å². The van der Waals surface area contributed by atoms with Gasteiger partial charge >= 0.3 is 0 Å². The minimum atomic E-state index is 0.334. The molecule has 2 heterocycles. The van der Waals surface area contributed by atoms with Gasteiger partial charge in [0.2, 0.25) is 0 Å². The number of thiophene rings is 1. The quantitative estimate of drug-likeness (QED) is 0.904. The summed E-state index contributed by atoms with van der Waals surface area (Å²) in [5.41, 5.74) is 1.80. The lowest BCUT2D eigenvalue weighted by molar-refractivity contribution is 0.0475. The van der Waals surface area contributed by atoms with Gasteiger partial charge in [-0.05, 0) is 34.2 Å². The fourth-order valence-corrected chi connectivity index (χ4v) is 3.73. The summed E-state index contributed by atoms with van der Waals surface area (Å²) < 4.78 is 0. The lowest BCUT2D eigenvalue weighted by Crippen LogP contribution is -2.60. The molecular weight excluding hydrogens is 252 g/mol. The lowest BCUT2D eigenvalue weighted by Gasteiger charge is -2.46. The average molecular weight is 280 g/mol. The molecule has 0 radical (unpaired) electrons. The van der Waals surface area contributed by atoms with E-state index in [1.165, 1.54) is 24.9 Å². The maximum absolute atomic E-state index is 3.75. The standard InChI is InChI=1S/C16H28N2S/c1-5-6-14-11-18(10-13-7-8-19-12-13)15(9-17-14)16(2,3)4/h7-8,12,14-15,17H,5-6,9-11H2,1-4H3. The molecule has 3 heteroatoms. The zero-order chi connectivity index (χ0) is 13.9. The van der Waals surface area contributed by atoms with E-state index in [9.17, 15) is 0 Å². The average Bonchev–Trinajstić information content (AvgIpc) is 2.81. The molecule has 1 aliphatic heterocycles.